The van der Waals surface area contributed by atoms with E-state index in [0.717, 1.165) is 38.0 Å². The summed E-state index contributed by atoms with van der Waals surface area (Å²) in [6.45, 7) is 6.32. The Morgan fingerprint density at radius 1 is 1.14 bits per heavy atom. The smallest absolute Gasteiger partial charge is 0.327 e. The molecule has 0 aliphatic carbocycles. The third-order valence-electron chi connectivity index (χ3n) is 5.88. The van der Waals surface area contributed by atoms with Crippen LogP contribution >= 0.6 is 11.6 Å². The van der Waals surface area contributed by atoms with Crippen molar-refractivity contribution in [2.45, 2.75) is 38.3 Å². The summed E-state index contributed by atoms with van der Waals surface area (Å²) < 4.78 is 5.04. The van der Waals surface area contributed by atoms with Gasteiger partial charge in [0.05, 0.1) is 13.7 Å². The van der Waals surface area contributed by atoms with Crippen molar-refractivity contribution in [1.29, 1.82) is 0 Å². The summed E-state index contributed by atoms with van der Waals surface area (Å²) in [5.41, 5.74) is 0.766. The van der Waals surface area contributed by atoms with Gasteiger partial charge in [-0.1, -0.05) is 29.8 Å². The first-order valence-electron chi connectivity index (χ1n) is 10.1. The van der Waals surface area contributed by atoms with Crippen molar-refractivity contribution < 1.29 is 14.3 Å². The number of hydrogen-bond acceptors (Lipinski definition) is 5. The number of benzene rings is 1. The molecule has 1 aromatic carbocycles. The van der Waals surface area contributed by atoms with Crippen molar-refractivity contribution in [3.8, 4) is 0 Å². The summed E-state index contributed by atoms with van der Waals surface area (Å²) in [5.74, 6) is -0.0870. The predicted octanol–water partition coefficient (Wildman–Crippen LogP) is 2.57. The lowest BCUT2D eigenvalue weighted by Crippen LogP contribution is -2.53. The van der Waals surface area contributed by atoms with Crippen LogP contribution in [0.15, 0.2) is 24.3 Å². The maximum absolute atomic E-state index is 12.7. The lowest BCUT2D eigenvalue weighted by atomic mass is 10.0. The lowest BCUT2D eigenvalue weighted by Gasteiger charge is -2.40. The molecule has 0 bridgehead atoms. The predicted molar refractivity (Wildman–Crippen MR) is 109 cm³/mol. The second kappa shape index (κ2) is 9.72. The fourth-order valence-corrected chi connectivity index (χ4v) is 4.45. The Morgan fingerprint density at radius 3 is 2.50 bits per heavy atom. The van der Waals surface area contributed by atoms with E-state index in [-0.39, 0.29) is 11.9 Å². The maximum atomic E-state index is 12.7. The summed E-state index contributed by atoms with van der Waals surface area (Å²) in [7, 11) is 1.40. The monoisotopic (exact) mass is 407 g/mol. The van der Waals surface area contributed by atoms with Crippen molar-refractivity contribution in [1.82, 2.24) is 14.7 Å². The molecule has 1 aromatic rings. The molecule has 154 valence electrons. The second-order valence-electron chi connectivity index (χ2n) is 7.69. The Hall–Kier alpha value is -1.63. The molecule has 2 unspecified atom stereocenters. The van der Waals surface area contributed by atoms with Crippen molar-refractivity contribution in [3.63, 3.8) is 0 Å². The van der Waals surface area contributed by atoms with Gasteiger partial charge in [-0.3, -0.25) is 14.6 Å². The largest absolute Gasteiger partial charge is 0.468 e. The molecule has 1 amide bonds. The topological polar surface area (TPSA) is 53.1 Å². The minimum atomic E-state index is -0.515. The molecule has 7 heteroatoms. The Kier molecular flexibility index (Phi) is 7.32. The number of likely N-dealkylation sites (tertiary alicyclic amines) is 1. The van der Waals surface area contributed by atoms with Gasteiger partial charge in [-0.15, -0.1) is 0 Å². The van der Waals surface area contributed by atoms with Crippen LogP contribution in [0.5, 0.6) is 0 Å². The number of esters is 1. The molecule has 2 aliphatic heterocycles. The van der Waals surface area contributed by atoms with E-state index in [2.05, 4.69) is 16.7 Å². The van der Waals surface area contributed by atoms with Gasteiger partial charge in [-0.2, -0.15) is 0 Å². The lowest BCUT2D eigenvalue weighted by molar-refractivity contribution is -0.148. The molecular weight excluding hydrogens is 378 g/mol. The minimum Gasteiger partial charge on any atom is -0.468 e. The van der Waals surface area contributed by atoms with E-state index in [4.69, 9.17) is 16.3 Å². The average Bonchev–Trinajstić information content (AvgIpc) is 2.71. The highest BCUT2D eigenvalue weighted by Crippen LogP contribution is 2.29. The van der Waals surface area contributed by atoms with E-state index in [1.165, 1.54) is 13.5 Å². The Balaban J connectivity index is 1.60. The van der Waals surface area contributed by atoms with Crippen LogP contribution in [0.25, 0.3) is 0 Å². The third-order valence-corrected chi connectivity index (χ3v) is 6.22. The van der Waals surface area contributed by atoms with Crippen LogP contribution in [-0.4, -0.2) is 79.0 Å². The molecule has 0 spiro atoms. The highest BCUT2D eigenvalue weighted by molar-refractivity contribution is 6.31. The summed E-state index contributed by atoms with van der Waals surface area (Å²) in [5, 5.41) is 0.564. The molecule has 0 aromatic heterocycles. The van der Waals surface area contributed by atoms with Gasteiger partial charge in [0.15, 0.2) is 0 Å². The first-order chi connectivity index (χ1) is 13.5. The van der Waals surface area contributed by atoms with Gasteiger partial charge in [0.2, 0.25) is 5.91 Å². The highest BCUT2D eigenvalue weighted by Gasteiger charge is 2.33. The zero-order chi connectivity index (χ0) is 20.1. The van der Waals surface area contributed by atoms with Crippen molar-refractivity contribution >= 4 is 23.5 Å². The summed E-state index contributed by atoms with van der Waals surface area (Å²) in [6.07, 6.45) is 3.40. The zero-order valence-electron chi connectivity index (χ0n) is 16.8. The molecule has 2 heterocycles. The highest BCUT2D eigenvalue weighted by atomic mass is 35.5. The number of halogens is 1. The molecule has 3 rings (SSSR count). The number of carbonyl (C=O) groups excluding carboxylic acids is 2. The van der Waals surface area contributed by atoms with Gasteiger partial charge in [-0.25, -0.2) is 4.79 Å². The van der Waals surface area contributed by atoms with Crippen molar-refractivity contribution in [2.24, 2.45) is 0 Å². The molecule has 2 fully saturated rings. The first kappa shape index (κ1) is 21.1. The van der Waals surface area contributed by atoms with E-state index in [0.29, 0.717) is 30.7 Å². The van der Waals surface area contributed by atoms with Gasteiger partial charge >= 0.3 is 5.97 Å². The molecule has 2 aliphatic rings. The number of piperazine rings is 1. The summed E-state index contributed by atoms with van der Waals surface area (Å²) in [6, 6.07) is 7.22. The van der Waals surface area contributed by atoms with Crippen LogP contribution in [-0.2, 0) is 14.3 Å². The van der Waals surface area contributed by atoms with Crippen LogP contribution in [0.3, 0.4) is 0 Å². The third kappa shape index (κ3) is 4.85. The number of piperidine rings is 1. The maximum Gasteiger partial charge on any atom is 0.327 e. The van der Waals surface area contributed by atoms with Crippen LogP contribution in [0, 0.1) is 0 Å². The fraction of sp³-hybridized carbons (Fsp3) is 0.619. The molecule has 0 saturated carbocycles. The standard InChI is InChI=1S/C21H30ClN3O3/c1-16-7-5-6-10-25(16)19(26)15-23-11-13-24(14-12-23)20(21(27)28-2)17-8-3-4-9-18(17)22/h3-4,8-9,16,20H,5-7,10-15H2,1-2H3. The number of rotatable bonds is 5. The fourth-order valence-electron chi connectivity index (χ4n) is 4.21. The van der Waals surface area contributed by atoms with E-state index in [1.807, 2.05) is 23.1 Å². The molecular formula is C21H30ClN3O3. The van der Waals surface area contributed by atoms with Gasteiger partial charge in [0, 0.05) is 43.8 Å². The first-order valence-corrected chi connectivity index (χ1v) is 10.5. The Morgan fingerprint density at radius 2 is 1.86 bits per heavy atom. The van der Waals surface area contributed by atoms with E-state index in [1.54, 1.807) is 6.07 Å². The van der Waals surface area contributed by atoms with Crippen LogP contribution in [0.1, 0.15) is 37.8 Å². The summed E-state index contributed by atoms with van der Waals surface area (Å²) in [4.78, 5) is 31.5. The number of ether oxygens (including phenoxy) is 1. The van der Waals surface area contributed by atoms with Crippen molar-refractivity contribution in [2.75, 3.05) is 46.4 Å². The Labute approximate surface area is 172 Å². The SMILES string of the molecule is COC(=O)C(c1ccccc1Cl)N1CCN(CC(=O)N2CCCCC2C)CC1. The quantitative estimate of drug-likeness (QED) is 0.702. The normalized spacial score (nSPS) is 22.7. The van der Waals surface area contributed by atoms with Gasteiger partial charge < -0.3 is 9.64 Å². The molecule has 0 N–H and O–H groups in total. The number of amides is 1. The van der Waals surface area contributed by atoms with Crippen LogP contribution < -0.4 is 0 Å². The minimum absolute atomic E-state index is 0.219. The average molecular weight is 408 g/mol. The Bertz CT molecular complexity index is 691. The van der Waals surface area contributed by atoms with Crippen LogP contribution in [0.4, 0.5) is 0 Å². The van der Waals surface area contributed by atoms with E-state index >= 15 is 0 Å². The van der Waals surface area contributed by atoms with Crippen LogP contribution in [0.2, 0.25) is 5.02 Å². The second-order valence-corrected chi connectivity index (χ2v) is 8.10. The van der Waals surface area contributed by atoms with Gasteiger partial charge in [0.25, 0.3) is 0 Å². The number of hydrogen-bond donors (Lipinski definition) is 0. The molecule has 0 radical (unpaired) electrons. The molecule has 2 atom stereocenters. The van der Waals surface area contributed by atoms with Crippen molar-refractivity contribution in [3.05, 3.63) is 34.9 Å². The van der Waals surface area contributed by atoms with Gasteiger partial charge in [-0.05, 0) is 37.8 Å². The number of nitrogens with zero attached hydrogens (tertiary/aromatic N) is 3. The number of methoxy groups -OCH3 is 1. The summed E-state index contributed by atoms with van der Waals surface area (Å²) >= 11 is 6.34. The van der Waals surface area contributed by atoms with E-state index < -0.39 is 6.04 Å². The molecule has 6 nitrogen and oxygen atoms in total. The van der Waals surface area contributed by atoms with Gasteiger partial charge in [0.1, 0.15) is 6.04 Å². The molecule has 2 saturated heterocycles. The number of carbonyl (C=O) groups is 2. The molecule has 28 heavy (non-hydrogen) atoms. The van der Waals surface area contributed by atoms with E-state index in [9.17, 15) is 9.59 Å². The zero-order valence-corrected chi connectivity index (χ0v) is 17.5.